The number of aromatic hydroxyl groups is 1. The van der Waals surface area contributed by atoms with Crippen LogP contribution in [0.25, 0.3) is 0 Å². The van der Waals surface area contributed by atoms with Crippen LogP contribution in [-0.2, 0) is 0 Å². The van der Waals surface area contributed by atoms with Gasteiger partial charge in [0.1, 0.15) is 5.75 Å². The van der Waals surface area contributed by atoms with Crippen molar-refractivity contribution >= 4 is 0 Å². The molecule has 0 aliphatic carbocycles. The molecular formula is C10H14AcO. The maximum Gasteiger partial charge on any atom is 0.115 e. The van der Waals surface area contributed by atoms with Gasteiger partial charge >= 0.3 is 0 Å². The summed E-state index contributed by atoms with van der Waals surface area (Å²) >= 11 is 0. The quantitative estimate of drug-likeness (QED) is 0.841. The SMILES string of the molecule is CCC(C)c1ccc(O)cc1.[Ac]. The first-order chi connectivity index (χ1) is 5.24. The number of hydrogen-bond acceptors (Lipinski definition) is 1. The van der Waals surface area contributed by atoms with Crippen LogP contribution in [0.4, 0.5) is 0 Å². The third kappa shape index (κ3) is 3.46. The summed E-state index contributed by atoms with van der Waals surface area (Å²) in [5.74, 6) is 0.938. The van der Waals surface area contributed by atoms with Crippen molar-refractivity contribution in [2.24, 2.45) is 0 Å². The first-order valence-corrected chi connectivity index (χ1v) is 4.03. The van der Waals surface area contributed by atoms with Crippen LogP contribution in [0.2, 0.25) is 0 Å². The molecule has 1 unspecified atom stereocenters. The Kier molecular flexibility index (Phi) is 6.23. The molecule has 1 atom stereocenters. The van der Waals surface area contributed by atoms with Crippen molar-refractivity contribution < 1.29 is 49.2 Å². The van der Waals surface area contributed by atoms with Crippen LogP contribution in [-0.4, -0.2) is 5.11 Å². The Bertz CT molecular complexity index is 218. The molecule has 1 aromatic rings. The molecule has 1 radical (unpaired) electrons. The van der Waals surface area contributed by atoms with Gasteiger partial charge in [-0.15, -0.1) is 0 Å². The topological polar surface area (TPSA) is 20.2 Å². The fourth-order valence-corrected chi connectivity index (χ4v) is 1.04. The molecule has 0 aliphatic heterocycles. The minimum Gasteiger partial charge on any atom is -0.508 e. The molecule has 0 saturated carbocycles. The number of hydrogen-bond donors (Lipinski definition) is 1. The zero-order chi connectivity index (χ0) is 8.27. The summed E-state index contributed by atoms with van der Waals surface area (Å²) in [5, 5.41) is 9.01. The molecule has 1 aromatic carbocycles. The average Bonchev–Trinajstić information content (AvgIpc) is 2.05. The maximum atomic E-state index is 9.01. The van der Waals surface area contributed by atoms with Gasteiger partial charge in [-0.1, -0.05) is 26.0 Å². The van der Waals surface area contributed by atoms with Gasteiger partial charge in [0.15, 0.2) is 0 Å². The molecule has 0 aliphatic rings. The molecule has 63 valence electrons. The van der Waals surface area contributed by atoms with Gasteiger partial charge < -0.3 is 5.11 Å². The summed E-state index contributed by atoms with van der Waals surface area (Å²) in [6, 6.07) is 7.43. The molecule has 0 heterocycles. The monoisotopic (exact) mass is 377 g/mol. The van der Waals surface area contributed by atoms with Crippen molar-refractivity contribution in [1.82, 2.24) is 0 Å². The average molecular weight is 377 g/mol. The number of rotatable bonds is 2. The third-order valence-corrected chi connectivity index (χ3v) is 2.07. The molecule has 0 spiro atoms. The summed E-state index contributed by atoms with van der Waals surface area (Å²) < 4.78 is 0. The van der Waals surface area contributed by atoms with E-state index in [2.05, 4.69) is 13.8 Å². The Balaban J connectivity index is 0.00000121. The van der Waals surface area contributed by atoms with Gasteiger partial charge in [0.05, 0.1) is 0 Å². The van der Waals surface area contributed by atoms with E-state index >= 15 is 0 Å². The minimum atomic E-state index is 0. The van der Waals surface area contributed by atoms with Gasteiger partial charge in [-0.25, -0.2) is 0 Å². The van der Waals surface area contributed by atoms with Crippen molar-refractivity contribution in [3.8, 4) is 5.75 Å². The Morgan fingerprint density at radius 1 is 1.25 bits per heavy atom. The molecule has 2 heteroatoms. The van der Waals surface area contributed by atoms with Crippen LogP contribution in [0.3, 0.4) is 0 Å². The van der Waals surface area contributed by atoms with Crippen LogP contribution in [0.1, 0.15) is 31.7 Å². The molecule has 0 saturated heterocycles. The molecule has 12 heavy (non-hydrogen) atoms. The molecular weight excluding hydrogens is 363 g/mol. The van der Waals surface area contributed by atoms with Crippen molar-refractivity contribution in [1.29, 1.82) is 0 Å². The largest absolute Gasteiger partial charge is 0.508 e. The Hall–Kier alpha value is 0.462. The van der Waals surface area contributed by atoms with E-state index in [1.54, 1.807) is 12.1 Å². The number of phenols is 1. The van der Waals surface area contributed by atoms with Crippen LogP contribution in [0, 0.1) is 44.1 Å². The normalized spacial score (nSPS) is 11.8. The summed E-state index contributed by atoms with van der Waals surface area (Å²) in [4.78, 5) is 0. The van der Waals surface area contributed by atoms with E-state index in [0.29, 0.717) is 11.7 Å². The van der Waals surface area contributed by atoms with E-state index in [4.69, 9.17) is 5.11 Å². The van der Waals surface area contributed by atoms with Crippen LogP contribution in [0.15, 0.2) is 24.3 Å². The van der Waals surface area contributed by atoms with Crippen molar-refractivity contribution in [3.05, 3.63) is 29.8 Å². The molecule has 0 amide bonds. The Morgan fingerprint density at radius 2 is 1.75 bits per heavy atom. The second-order valence-corrected chi connectivity index (χ2v) is 2.90. The first-order valence-electron chi connectivity index (χ1n) is 4.03. The maximum absolute atomic E-state index is 9.01. The van der Waals surface area contributed by atoms with Gasteiger partial charge in [-0.2, -0.15) is 0 Å². The van der Waals surface area contributed by atoms with Crippen molar-refractivity contribution in [2.75, 3.05) is 0 Å². The van der Waals surface area contributed by atoms with Gasteiger partial charge in [0.25, 0.3) is 0 Å². The fraction of sp³-hybridized carbons (Fsp3) is 0.400. The predicted molar refractivity (Wildman–Crippen MR) is 46.8 cm³/mol. The fourth-order valence-electron chi connectivity index (χ4n) is 1.04. The van der Waals surface area contributed by atoms with E-state index in [1.807, 2.05) is 12.1 Å². The van der Waals surface area contributed by atoms with Gasteiger partial charge in [-0.3, -0.25) is 0 Å². The van der Waals surface area contributed by atoms with E-state index in [0.717, 1.165) is 6.42 Å². The number of phenolic OH excluding ortho intramolecular Hbond substituents is 1. The van der Waals surface area contributed by atoms with E-state index < -0.39 is 0 Å². The molecule has 1 N–H and O–H groups in total. The second-order valence-electron chi connectivity index (χ2n) is 2.90. The van der Waals surface area contributed by atoms with Crippen LogP contribution >= 0.6 is 0 Å². The molecule has 0 bridgehead atoms. The molecule has 0 fully saturated rings. The Labute approximate surface area is 110 Å². The summed E-state index contributed by atoms with van der Waals surface area (Å²) in [6.07, 6.45) is 1.14. The van der Waals surface area contributed by atoms with Crippen molar-refractivity contribution in [3.63, 3.8) is 0 Å². The van der Waals surface area contributed by atoms with Crippen LogP contribution < -0.4 is 0 Å². The van der Waals surface area contributed by atoms with E-state index in [9.17, 15) is 0 Å². The summed E-state index contributed by atoms with van der Waals surface area (Å²) in [6.45, 7) is 4.35. The summed E-state index contributed by atoms with van der Waals surface area (Å²) in [5.41, 5.74) is 1.30. The van der Waals surface area contributed by atoms with E-state index in [1.165, 1.54) is 5.56 Å². The van der Waals surface area contributed by atoms with Gasteiger partial charge in [-0.05, 0) is 30.0 Å². The zero-order valence-electron chi connectivity index (χ0n) is 7.62. The molecule has 0 aromatic heterocycles. The molecule has 1 nitrogen and oxygen atoms in total. The summed E-state index contributed by atoms with van der Waals surface area (Å²) in [7, 11) is 0. The zero-order valence-corrected chi connectivity index (χ0v) is 12.4. The predicted octanol–water partition coefficient (Wildman–Crippen LogP) is 2.91. The van der Waals surface area contributed by atoms with Crippen LogP contribution in [0.5, 0.6) is 5.75 Å². The third-order valence-electron chi connectivity index (χ3n) is 2.07. The molecule has 1 rings (SSSR count). The standard InChI is InChI=1S/C10H14O.Ac/c1-3-8(2)9-4-6-10(11)7-5-9;/h4-8,11H,3H2,1-2H3;. The first kappa shape index (κ1) is 12.5. The van der Waals surface area contributed by atoms with E-state index in [-0.39, 0.29) is 44.1 Å². The smallest absolute Gasteiger partial charge is 0.115 e. The second kappa shape index (κ2) is 6.00. The minimum absolute atomic E-state index is 0. The number of benzene rings is 1. The Morgan fingerprint density at radius 3 is 2.17 bits per heavy atom. The van der Waals surface area contributed by atoms with Gasteiger partial charge in [0.2, 0.25) is 0 Å². The van der Waals surface area contributed by atoms with Crippen molar-refractivity contribution in [2.45, 2.75) is 26.2 Å². The van der Waals surface area contributed by atoms with Gasteiger partial charge in [0, 0.05) is 44.1 Å².